The maximum Gasteiger partial charge on any atom is 0.339 e. The van der Waals surface area contributed by atoms with Crippen molar-refractivity contribution in [3.8, 4) is 17.0 Å². The molecule has 112 valence electrons. The van der Waals surface area contributed by atoms with Gasteiger partial charge in [-0.15, -0.1) is 0 Å². The molecule has 0 bridgehead atoms. The second kappa shape index (κ2) is 5.99. The Hall–Kier alpha value is -2.30. The molecule has 0 saturated heterocycles. The number of aromatic carboxylic acids is 1. The molecule has 5 heteroatoms. The first kappa shape index (κ1) is 15.1. The van der Waals surface area contributed by atoms with Gasteiger partial charge in [-0.05, 0) is 25.0 Å². The summed E-state index contributed by atoms with van der Waals surface area (Å²) < 4.78 is 7.02. The molecule has 2 rings (SSSR count). The lowest BCUT2D eigenvalue weighted by Gasteiger charge is -2.08. The molecule has 1 aromatic carbocycles. The maximum atomic E-state index is 11.5. The second-order valence-electron chi connectivity index (χ2n) is 5.52. The largest absolute Gasteiger partial charge is 0.496 e. The smallest absolute Gasteiger partial charge is 0.339 e. The first-order chi connectivity index (χ1) is 9.92. The lowest BCUT2D eigenvalue weighted by Crippen LogP contribution is -2.04. The first-order valence-corrected chi connectivity index (χ1v) is 6.88. The van der Waals surface area contributed by atoms with Crippen molar-refractivity contribution in [1.82, 2.24) is 9.78 Å². The Morgan fingerprint density at radius 3 is 2.71 bits per heavy atom. The lowest BCUT2D eigenvalue weighted by atomic mass is 10.0. The molecule has 0 unspecified atom stereocenters. The van der Waals surface area contributed by atoms with Crippen LogP contribution in [0.1, 0.15) is 29.8 Å². The van der Waals surface area contributed by atoms with E-state index in [9.17, 15) is 9.90 Å². The summed E-state index contributed by atoms with van der Waals surface area (Å²) in [5.41, 5.74) is 2.38. The molecule has 1 aromatic heterocycles. The number of carboxylic acids is 1. The maximum absolute atomic E-state index is 11.5. The lowest BCUT2D eigenvalue weighted by molar-refractivity contribution is 0.0697. The summed E-state index contributed by atoms with van der Waals surface area (Å²) in [7, 11) is 1.57. The van der Waals surface area contributed by atoms with E-state index >= 15 is 0 Å². The van der Waals surface area contributed by atoms with Crippen LogP contribution in [0.2, 0.25) is 0 Å². The summed E-state index contributed by atoms with van der Waals surface area (Å²) >= 11 is 0. The monoisotopic (exact) mass is 288 g/mol. The summed E-state index contributed by atoms with van der Waals surface area (Å²) in [5.74, 6) is 0.0280. The normalized spacial score (nSPS) is 10.9. The highest BCUT2D eigenvalue weighted by molar-refractivity contribution is 5.95. The minimum Gasteiger partial charge on any atom is -0.496 e. The molecule has 0 aliphatic rings. The van der Waals surface area contributed by atoms with Crippen molar-refractivity contribution < 1.29 is 14.6 Å². The van der Waals surface area contributed by atoms with Gasteiger partial charge in [-0.25, -0.2) is 4.79 Å². The average molecular weight is 288 g/mol. The summed E-state index contributed by atoms with van der Waals surface area (Å²) in [4.78, 5) is 11.5. The van der Waals surface area contributed by atoms with E-state index in [1.54, 1.807) is 18.0 Å². The van der Waals surface area contributed by atoms with Crippen LogP contribution in [0.3, 0.4) is 0 Å². The number of hydrogen-bond acceptors (Lipinski definition) is 3. The number of benzene rings is 1. The molecule has 0 aliphatic heterocycles. The number of carboxylic acid groups (broad SMARTS) is 1. The molecule has 21 heavy (non-hydrogen) atoms. The topological polar surface area (TPSA) is 64.4 Å². The van der Waals surface area contributed by atoms with Crippen molar-refractivity contribution in [1.29, 1.82) is 0 Å². The van der Waals surface area contributed by atoms with Gasteiger partial charge >= 0.3 is 5.97 Å². The average Bonchev–Trinajstić information content (AvgIpc) is 2.81. The van der Waals surface area contributed by atoms with Crippen LogP contribution in [0, 0.1) is 12.8 Å². The van der Waals surface area contributed by atoms with E-state index < -0.39 is 5.97 Å². The Balaban J connectivity index is 2.59. The zero-order valence-electron chi connectivity index (χ0n) is 12.8. The number of nitrogens with zero attached hydrogens (tertiary/aromatic N) is 2. The van der Waals surface area contributed by atoms with Gasteiger partial charge in [0.15, 0.2) is 0 Å². The third-order valence-corrected chi connectivity index (χ3v) is 3.15. The van der Waals surface area contributed by atoms with Crippen LogP contribution < -0.4 is 4.74 Å². The fourth-order valence-corrected chi connectivity index (χ4v) is 2.25. The van der Waals surface area contributed by atoms with E-state index in [1.165, 1.54) is 0 Å². The van der Waals surface area contributed by atoms with Gasteiger partial charge < -0.3 is 9.84 Å². The molecular formula is C16H20N2O3. The highest BCUT2D eigenvalue weighted by atomic mass is 16.5. The first-order valence-electron chi connectivity index (χ1n) is 6.88. The van der Waals surface area contributed by atoms with Crippen LogP contribution in [0.5, 0.6) is 5.75 Å². The number of carbonyl (C=O) groups is 1. The van der Waals surface area contributed by atoms with Gasteiger partial charge in [0.05, 0.1) is 7.11 Å². The number of aromatic nitrogens is 2. The van der Waals surface area contributed by atoms with Crippen molar-refractivity contribution >= 4 is 5.97 Å². The molecule has 0 saturated carbocycles. The van der Waals surface area contributed by atoms with Crippen molar-refractivity contribution in [3.63, 3.8) is 0 Å². The standard InChI is InChI=1S/C16H20N2O3/c1-10(2)8-18-9-13(16(19)20)15(17-18)12-7-11(3)5-6-14(12)21-4/h5-7,9-10H,8H2,1-4H3,(H,19,20). The fourth-order valence-electron chi connectivity index (χ4n) is 2.25. The highest BCUT2D eigenvalue weighted by Gasteiger charge is 2.20. The molecule has 5 nitrogen and oxygen atoms in total. The minimum absolute atomic E-state index is 0.194. The van der Waals surface area contributed by atoms with E-state index in [0.717, 1.165) is 5.56 Å². The van der Waals surface area contributed by atoms with Gasteiger partial charge in [0, 0.05) is 18.3 Å². The van der Waals surface area contributed by atoms with Crippen molar-refractivity contribution in [2.45, 2.75) is 27.3 Å². The van der Waals surface area contributed by atoms with E-state index in [2.05, 4.69) is 18.9 Å². The van der Waals surface area contributed by atoms with Gasteiger partial charge in [-0.3, -0.25) is 4.68 Å². The minimum atomic E-state index is -0.983. The number of aryl methyl sites for hydroxylation is 1. The van der Waals surface area contributed by atoms with Gasteiger partial charge in [-0.2, -0.15) is 5.10 Å². The van der Waals surface area contributed by atoms with E-state index in [1.807, 2.05) is 25.1 Å². The fraction of sp³-hybridized carbons (Fsp3) is 0.375. The molecular weight excluding hydrogens is 268 g/mol. The predicted molar refractivity (Wildman–Crippen MR) is 80.7 cm³/mol. The molecule has 0 atom stereocenters. The SMILES string of the molecule is COc1ccc(C)cc1-c1nn(CC(C)C)cc1C(=O)O. The number of rotatable bonds is 5. The van der Waals surface area contributed by atoms with E-state index in [4.69, 9.17) is 4.74 Å². The summed E-state index contributed by atoms with van der Waals surface area (Å²) in [6, 6.07) is 5.65. The Bertz CT molecular complexity index is 660. The van der Waals surface area contributed by atoms with Gasteiger partial charge in [0.2, 0.25) is 0 Å². The summed E-state index contributed by atoms with van der Waals surface area (Å²) in [6.45, 7) is 6.76. The molecule has 0 amide bonds. The predicted octanol–water partition coefficient (Wildman–Crippen LogP) is 3.22. The van der Waals surface area contributed by atoms with Crippen LogP contribution in [-0.4, -0.2) is 28.0 Å². The zero-order chi connectivity index (χ0) is 15.6. The van der Waals surface area contributed by atoms with Crippen LogP contribution in [0.4, 0.5) is 0 Å². The number of hydrogen-bond donors (Lipinski definition) is 1. The summed E-state index contributed by atoms with van der Waals surface area (Å²) in [5, 5.41) is 13.9. The Morgan fingerprint density at radius 1 is 1.43 bits per heavy atom. The molecule has 2 aromatic rings. The van der Waals surface area contributed by atoms with E-state index in [0.29, 0.717) is 29.5 Å². The molecule has 0 aliphatic carbocycles. The van der Waals surface area contributed by atoms with Crippen molar-refractivity contribution in [2.75, 3.05) is 7.11 Å². The molecule has 1 heterocycles. The zero-order valence-corrected chi connectivity index (χ0v) is 12.8. The number of methoxy groups -OCH3 is 1. The highest BCUT2D eigenvalue weighted by Crippen LogP contribution is 2.32. The van der Waals surface area contributed by atoms with Crippen molar-refractivity contribution in [2.24, 2.45) is 5.92 Å². The number of ether oxygens (including phenoxy) is 1. The van der Waals surface area contributed by atoms with E-state index in [-0.39, 0.29) is 5.56 Å². The third-order valence-electron chi connectivity index (χ3n) is 3.15. The van der Waals surface area contributed by atoms with Crippen LogP contribution in [-0.2, 0) is 6.54 Å². The van der Waals surface area contributed by atoms with Gasteiger partial charge in [-0.1, -0.05) is 25.5 Å². The Labute approximate surface area is 124 Å². The quantitative estimate of drug-likeness (QED) is 0.917. The Kier molecular flexibility index (Phi) is 4.31. The van der Waals surface area contributed by atoms with Crippen LogP contribution in [0.25, 0.3) is 11.3 Å². The van der Waals surface area contributed by atoms with Gasteiger partial charge in [0.25, 0.3) is 0 Å². The Morgan fingerprint density at radius 2 is 2.14 bits per heavy atom. The molecule has 0 fully saturated rings. The third kappa shape index (κ3) is 3.24. The molecule has 0 radical (unpaired) electrons. The second-order valence-corrected chi connectivity index (χ2v) is 5.52. The van der Waals surface area contributed by atoms with Gasteiger partial charge in [0.1, 0.15) is 17.0 Å². The van der Waals surface area contributed by atoms with Crippen LogP contribution >= 0.6 is 0 Å². The van der Waals surface area contributed by atoms with Crippen molar-refractivity contribution in [3.05, 3.63) is 35.5 Å². The van der Waals surface area contributed by atoms with Crippen LogP contribution in [0.15, 0.2) is 24.4 Å². The molecule has 0 spiro atoms. The summed E-state index contributed by atoms with van der Waals surface area (Å²) in [6.07, 6.45) is 1.58. The molecule has 1 N–H and O–H groups in total.